The second-order valence-corrected chi connectivity index (χ2v) is 13.5. The molecule has 53 heavy (non-hydrogen) atoms. The molecule has 8 aromatic carbocycles. The highest BCUT2D eigenvalue weighted by Gasteiger charge is 2.21. The monoisotopic (exact) mass is 678 g/mol. The van der Waals surface area contributed by atoms with Crippen molar-refractivity contribution in [3.63, 3.8) is 0 Å². The summed E-state index contributed by atoms with van der Waals surface area (Å²) in [6, 6.07) is 63.6. The lowest BCUT2D eigenvalue weighted by Crippen LogP contribution is -1.97. The maximum absolute atomic E-state index is 6.53. The number of fused-ring (bicyclic) bond motifs is 7. The number of benzene rings is 8. The lowest BCUT2D eigenvalue weighted by molar-refractivity contribution is 0.658. The maximum atomic E-state index is 6.53. The molecule has 0 radical (unpaired) electrons. The van der Waals surface area contributed by atoms with Crippen LogP contribution in [-0.4, -0.2) is 9.55 Å². The summed E-state index contributed by atoms with van der Waals surface area (Å²) in [4.78, 5) is 5.16. The first-order chi connectivity index (χ1) is 26.3. The van der Waals surface area contributed by atoms with Gasteiger partial charge >= 0.3 is 0 Å². The summed E-state index contributed by atoms with van der Waals surface area (Å²) < 4.78 is 15.3. The summed E-state index contributed by atoms with van der Waals surface area (Å²) in [6.07, 6.45) is 0. The molecule has 0 unspecified atom stereocenters. The molecule has 11 rings (SSSR count). The van der Waals surface area contributed by atoms with Crippen molar-refractivity contribution in [3.8, 4) is 50.5 Å². The summed E-state index contributed by atoms with van der Waals surface area (Å²) in [5.41, 5.74) is 14.2. The molecular weight excluding hydrogens is 649 g/mol. The van der Waals surface area contributed by atoms with Gasteiger partial charge in [-0.15, -0.1) is 0 Å². The molecule has 4 nitrogen and oxygen atoms in total. The Hall–Kier alpha value is -7.17. The van der Waals surface area contributed by atoms with Gasteiger partial charge in [0, 0.05) is 32.8 Å². The van der Waals surface area contributed by atoms with Crippen LogP contribution in [0.4, 0.5) is 0 Å². The van der Waals surface area contributed by atoms with Crippen LogP contribution in [0.1, 0.15) is 0 Å². The predicted molar refractivity (Wildman–Crippen MR) is 217 cm³/mol. The summed E-state index contributed by atoms with van der Waals surface area (Å²) in [7, 11) is 0. The second kappa shape index (κ2) is 11.7. The van der Waals surface area contributed by atoms with Gasteiger partial charge < -0.3 is 8.83 Å². The highest BCUT2D eigenvalue weighted by atomic mass is 16.3. The molecule has 248 valence electrons. The average molecular weight is 679 g/mol. The number of furan rings is 2. The minimum absolute atomic E-state index is 0.844. The maximum Gasteiger partial charge on any atom is 0.147 e. The largest absolute Gasteiger partial charge is 0.455 e. The van der Waals surface area contributed by atoms with Gasteiger partial charge in [0.25, 0.3) is 0 Å². The third-order valence-corrected chi connectivity index (χ3v) is 10.4. The number of rotatable bonds is 5. The molecule has 0 bridgehead atoms. The normalized spacial score (nSPS) is 11.8. The van der Waals surface area contributed by atoms with E-state index in [4.69, 9.17) is 13.8 Å². The van der Waals surface area contributed by atoms with E-state index < -0.39 is 0 Å². The van der Waals surface area contributed by atoms with Crippen molar-refractivity contribution in [1.29, 1.82) is 0 Å². The van der Waals surface area contributed by atoms with E-state index in [0.29, 0.717) is 0 Å². The lowest BCUT2D eigenvalue weighted by Gasteiger charge is -2.10. The molecule has 0 aliphatic carbocycles. The zero-order chi connectivity index (χ0) is 34.9. The van der Waals surface area contributed by atoms with Crippen molar-refractivity contribution in [2.75, 3.05) is 0 Å². The van der Waals surface area contributed by atoms with Crippen molar-refractivity contribution < 1.29 is 8.83 Å². The lowest BCUT2D eigenvalue weighted by atomic mass is 9.96. The van der Waals surface area contributed by atoms with E-state index in [1.807, 2.05) is 36.4 Å². The Balaban J connectivity index is 0.963. The van der Waals surface area contributed by atoms with Gasteiger partial charge in [0.2, 0.25) is 0 Å². The van der Waals surface area contributed by atoms with E-state index in [-0.39, 0.29) is 0 Å². The Kier molecular flexibility index (Phi) is 6.52. The van der Waals surface area contributed by atoms with Crippen LogP contribution in [0.3, 0.4) is 0 Å². The fourth-order valence-electron chi connectivity index (χ4n) is 7.86. The van der Waals surface area contributed by atoms with Gasteiger partial charge in [-0.25, -0.2) is 4.98 Å². The van der Waals surface area contributed by atoms with Crippen LogP contribution in [0.25, 0.3) is 105 Å². The number of hydrogen-bond acceptors (Lipinski definition) is 3. The average Bonchev–Trinajstić information content (AvgIpc) is 3.92. The molecule has 0 spiro atoms. The second-order valence-electron chi connectivity index (χ2n) is 13.5. The highest BCUT2D eigenvalue weighted by Crippen LogP contribution is 2.44. The number of aromatic nitrogens is 2. The van der Waals surface area contributed by atoms with Crippen molar-refractivity contribution >= 4 is 54.9 Å². The van der Waals surface area contributed by atoms with Crippen LogP contribution in [0, 0.1) is 0 Å². The Bertz CT molecular complexity index is 3040. The van der Waals surface area contributed by atoms with Crippen molar-refractivity contribution in [3.05, 3.63) is 182 Å². The Labute approximate surface area is 304 Å². The van der Waals surface area contributed by atoms with Gasteiger partial charge in [-0.3, -0.25) is 4.57 Å². The summed E-state index contributed by atoms with van der Waals surface area (Å²) >= 11 is 0. The molecule has 0 fully saturated rings. The molecule has 0 N–H and O–H groups in total. The molecule has 0 aliphatic heterocycles. The Morgan fingerprint density at radius 1 is 0.377 bits per heavy atom. The molecule has 0 aliphatic rings. The van der Waals surface area contributed by atoms with Crippen LogP contribution in [0.2, 0.25) is 0 Å². The summed E-state index contributed by atoms with van der Waals surface area (Å²) in [6.45, 7) is 0. The van der Waals surface area contributed by atoms with Crippen LogP contribution in [-0.2, 0) is 0 Å². The molecular formula is C49H30N2O2. The first-order valence-electron chi connectivity index (χ1n) is 17.9. The fourth-order valence-corrected chi connectivity index (χ4v) is 7.86. The van der Waals surface area contributed by atoms with Gasteiger partial charge in [0.1, 0.15) is 28.2 Å². The minimum atomic E-state index is 0.844. The van der Waals surface area contributed by atoms with E-state index in [0.717, 1.165) is 105 Å². The van der Waals surface area contributed by atoms with E-state index >= 15 is 0 Å². The summed E-state index contributed by atoms with van der Waals surface area (Å²) in [5.74, 6) is 0.931. The van der Waals surface area contributed by atoms with E-state index in [1.54, 1.807) is 0 Å². The van der Waals surface area contributed by atoms with Crippen molar-refractivity contribution in [1.82, 2.24) is 9.55 Å². The quantitative estimate of drug-likeness (QED) is 0.182. The zero-order valence-corrected chi connectivity index (χ0v) is 28.5. The molecule has 0 saturated carbocycles. The molecule has 4 heteroatoms. The Morgan fingerprint density at radius 3 is 1.47 bits per heavy atom. The first-order valence-corrected chi connectivity index (χ1v) is 17.9. The highest BCUT2D eigenvalue weighted by molar-refractivity contribution is 6.22. The molecule has 0 atom stereocenters. The van der Waals surface area contributed by atoms with E-state index in [1.165, 1.54) is 0 Å². The third kappa shape index (κ3) is 4.73. The molecule has 3 heterocycles. The smallest absolute Gasteiger partial charge is 0.147 e. The summed E-state index contributed by atoms with van der Waals surface area (Å²) in [5, 5.41) is 4.40. The first kappa shape index (κ1) is 29.5. The number of hydrogen-bond donors (Lipinski definition) is 0. The predicted octanol–water partition coefficient (Wildman–Crippen LogP) is 13.5. The van der Waals surface area contributed by atoms with Crippen LogP contribution in [0.5, 0.6) is 0 Å². The van der Waals surface area contributed by atoms with Gasteiger partial charge in [-0.2, -0.15) is 0 Å². The van der Waals surface area contributed by atoms with Gasteiger partial charge in [-0.1, -0.05) is 140 Å². The van der Waals surface area contributed by atoms with Crippen molar-refractivity contribution in [2.24, 2.45) is 0 Å². The van der Waals surface area contributed by atoms with E-state index in [9.17, 15) is 0 Å². The number of nitrogens with zero attached hydrogens (tertiary/aromatic N) is 2. The molecule has 0 saturated heterocycles. The van der Waals surface area contributed by atoms with Gasteiger partial charge in [0.15, 0.2) is 0 Å². The molecule has 3 aromatic heterocycles. The number of para-hydroxylation sites is 3. The van der Waals surface area contributed by atoms with E-state index in [2.05, 4.69) is 150 Å². The van der Waals surface area contributed by atoms with Crippen LogP contribution >= 0.6 is 0 Å². The minimum Gasteiger partial charge on any atom is -0.455 e. The zero-order valence-electron chi connectivity index (χ0n) is 28.5. The van der Waals surface area contributed by atoms with Crippen LogP contribution in [0.15, 0.2) is 191 Å². The Morgan fingerprint density at radius 2 is 0.868 bits per heavy atom. The van der Waals surface area contributed by atoms with Gasteiger partial charge in [-0.05, 0) is 70.3 Å². The SMILES string of the molecule is c1ccc(-c2nc3cc(-c4ccc(-c5ccc(-c6c7oc8ccccc8c7cc7c6oc6ccccc67)cc5)cc4)ccc3n2-c2ccccc2)cc1. The topological polar surface area (TPSA) is 44.1 Å². The van der Waals surface area contributed by atoms with Crippen LogP contribution < -0.4 is 0 Å². The molecule has 11 aromatic rings. The van der Waals surface area contributed by atoms with Gasteiger partial charge in [0.05, 0.1) is 16.6 Å². The van der Waals surface area contributed by atoms with Crippen molar-refractivity contribution in [2.45, 2.75) is 0 Å². The standard InChI is InChI=1S/C49H30N2O2/c1-3-11-35(12-4-1)49-50-42-29-36(27-28-43(42)51(49)37-13-5-2-6-14-37)33-21-19-31(20-22-33)32-23-25-34(26-24-32)46-47-40(38-15-7-9-17-44(38)52-47)30-41-39-16-8-10-18-45(39)53-48(41)46/h1-30H. The fraction of sp³-hybridized carbons (Fsp3) is 0. The number of imidazole rings is 1. The molecule has 0 amide bonds. The third-order valence-electron chi connectivity index (χ3n) is 10.4.